The molecule has 1 aliphatic rings. The van der Waals surface area contributed by atoms with Gasteiger partial charge < -0.3 is 0 Å². The first-order chi connectivity index (χ1) is 14.9. The molecule has 0 radical (unpaired) electrons. The Morgan fingerprint density at radius 2 is 1.65 bits per heavy atom. The van der Waals surface area contributed by atoms with Crippen molar-refractivity contribution in [3.63, 3.8) is 0 Å². The zero-order chi connectivity index (χ0) is 21.6. The number of hydrogen-bond acceptors (Lipinski definition) is 4. The van der Waals surface area contributed by atoms with Crippen LogP contribution in [0.2, 0.25) is 0 Å². The Morgan fingerprint density at radius 3 is 2.35 bits per heavy atom. The predicted octanol–water partition coefficient (Wildman–Crippen LogP) is 4.10. The van der Waals surface area contributed by atoms with E-state index in [2.05, 4.69) is 9.82 Å². The smallest absolute Gasteiger partial charge is 0.279 e. The summed E-state index contributed by atoms with van der Waals surface area (Å²) in [7, 11) is -3.40. The van der Waals surface area contributed by atoms with Gasteiger partial charge in [0.05, 0.1) is 22.0 Å². The fourth-order valence-electron chi connectivity index (χ4n) is 3.52. The molecule has 1 aliphatic carbocycles. The lowest BCUT2D eigenvalue weighted by Gasteiger charge is -2.13. The van der Waals surface area contributed by atoms with Crippen LogP contribution in [0.25, 0.3) is 27.7 Å². The molecule has 0 atom stereocenters. The van der Waals surface area contributed by atoms with Crippen LogP contribution >= 0.6 is 0 Å². The molecule has 0 unspecified atom stereocenters. The lowest BCUT2D eigenvalue weighted by molar-refractivity contribution is 0.600. The van der Waals surface area contributed by atoms with E-state index in [0.717, 1.165) is 0 Å². The molecule has 3 aromatic carbocycles. The fourth-order valence-corrected chi connectivity index (χ4v) is 4.89. The minimum Gasteiger partial charge on any atom is -0.283 e. The topological polar surface area (TPSA) is 81.1 Å². The Bertz CT molecular complexity index is 1460. The average molecular weight is 435 g/mol. The van der Waals surface area contributed by atoms with Crippen LogP contribution in [0.5, 0.6) is 0 Å². The normalized spacial score (nSPS) is 14.0. The highest BCUT2D eigenvalue weighted by Crippen LogP contribution is 2.31. The first-order valence-electron chi connectivity index (χ1n) is 9.82. The van der Waals surface area contributed by atoms with Crippen LogP contribution < -0.4 is 10.3 Å². The number of nitrogens with one attached hydrogen (secondary N) is 1. The third-order valence-electron chi connectivity index (χ3n) is 5.24. The van der Waals surface area contributed by atoms with E-state index in [9.17, 15) is 17.6 Å². The Hall–Kier alpha value is -3.52. The van der Waals surface area contributed by atoms with Crippen molar-refractivity contribution in [2.24, 2.45) is 0 Å². The second-order valence-corrected chi connectivity index (χ2v) is 9.48. The van der Waals surface area contributed by atoms with E-state index in [1.165, 1.54) is 28.9 Å². The summed E-state index contributed by atoms with van der Waals surface area (Å²) in [6.45, 7) is 0. The molecule has 0 bridgehead atoms. The molecule has 31 heavy (non-hydrogen) atoms. The molecule has 1 heterocycles. The molecule has 1 aromatic heterocycles. The van der Waals surface area contributed by atoms with Gasteiger partial charge in [0.15, 0.2) is 0 Å². The van der Waals surface area contributed by atoms with Crippen molar-refractivity contribution in [1.29, 1.82) is 0 Å². The zero-order valence-electron chi connectivity index (χ0n) is 16.3. The molecule has 0 aliphatic heterocycles. The summed E-state index contributed by atoms with van der Waals surface area (Å²) in [5.41, 5.74) is 1.73. The van der Waals surface area contributed by atoms with Gasteiger partial charge in [-0.1, -0.05) is 30.3 Å². The van der Waals surface area contributed by atoms with E-state index in [4.69, 9.17) is 0 Å². The summed E-state index contributed by atoms with van der Waals surface area (Å²) in [5, 5.41) is 5.33. The summed E-state index contributed by atoms with van der Waals surface area (Å²) in [4.78, 5) is 13.0. The standard InChI is InChI=1S/C23H18FN3O3S/c24-16-8-10-18(11-9-16)27-23(28)21-7-2-1-6-20(21)22(25-27)15-4-3-5-17(14-15)26-31(29,30)19-12-13-19/h1-11,14,19,26H,12-13H2. The SMILES string of the molecule is O=c1c2ccccc2c(-c2cccc(NS(=O)(=O)C3CC3)c2)nn1-c1ccc(F)cc1. The van der Waals surface area contributed by atoms with Gasteiger partial charge in [-0.3, -0.25) is 9.52 Å². The number of anilines is 1. The third kappa shape index (κ3) is 3.70. The average Bonchev–Trinajstić information content (AvgIpc) is 3.61. The molecule has 1 fully saturated rings. The summed E-state index contributed by atoms with van der Waals surface area (Å²) in [6.07, 6.45) is 1.34. The second kappa shape index (κ2) is 7.31. The van der Waals surface area contributed by atoms with Gasteiger partial charge in [-0.15, -0.1) is 0 Å². The number of hydrogen-bond donors (Lipinski definition) is 1. The van der Waals surface area contributed by atoms with Crippen molar-refractivity contribution in [2.75, 3.05) is 4.72 Å². The lowest BCUT2D eigenvalue weighted by Crippen LogP contribution is -2.22. The van der Waals surface area contributed by atoms with Gasteiger partial charge >= 0.3 is 0 Å². The first kappa shape index (κ1) is 19.4. The molecule has 0 spiro atoms. The summed E-state index contributed by atoms with van der Waals surface area (Å²) < 4.78 is 41.9. The van der Waals surface area contributed by atoms with Gasteiger partial charge in [0.25, 0.3) is 5.56 Å². The predicted molar refractivity (Wildman–Crippen MR) is 118 cm³/mol. The van der Waals surface area contributed by atoms with Crippen LogP contribution in [0.4, 0.5) is 10.1 Å². The second-order valence-electron chi connectivity index (χ2n) is 7.51. The fraction of sp³-hybridized carbons (Fsp3) is 0.130. The van der Waals surface area contributed by atoms with Gasteiger partial charge in [-0.2, -0.15) is 9.78 Å². The first-order valence-corrected chi connectivity index (χ1v) is 11.4. The molecular formula is C23H18FN3O3S. The minimum atomic E-state index is -3.40. The van der Waals surface area contributed by atoms with Crippen LogP contribution in [0, 0.1) is 5.82 Å². The highest BCUT2D eigenvalue weighted by molar-refractivity contribution is 7.93. The quantitative estimate of drug-likeness (QED) is 0.512. The summed E-state index contributed by atoms with van der Waals surface area (Å²) in [6, 6.07) is 19.5. The molecule has 0 saturated heterocycles. The molecule has 8 heteroatoms. The van der Waals surface area contributed by atoms with Crippen LogP contribution in [-0.4, -0.2) is 23.4 Å². The molecular weight excluding hydrogens is 417 g/mol. The third-order valence-corrected chi connectivity index (χ3v) is 7.10. The van der Waals surface area contributed by atoms with Crippen LogP contribution in [0.15, 0.2) is 77.6 Å². The number of benzene rings is 3. The number of nitrogens with zero attached hydrogens (tertiary/aromatic N) is 2. The van der Waals surface area contributed by atoms with E-state index in [1.807, 2.05) is 12.1 Å². The molecule has 156 valence electrons. The van der Waals surface area contributed by atoms with Crippen molar-refractivity contribution in [3.8, 4) is 16.9 Å². The van der Waals surface area contributed by atoms with Gasteiger partial charge in [-0.05, 0) is 55.3 Å². The minimum absolute atomic E-state index is 0.323. The molecule has 1 saturated carbocycles. The van der Waals surface area contributed by atoms with Gasteiger partial charge in [0.1, 0.15) is 5.82 Å². The van der Waals surface area contributed by atoms with E-state index in [-0.39, 0.29) is 10.8 Å². The maximum absolute atomic E-state index is 13.4. The van der Waals surface area contributed by atoms with Crippen LogP contribution in [0.1, 0.15) is 12.8 Å². The van der Waals surface area contributed by atoms with E-state index >= 15 is 0 Å². The van der Waals surface area contributed by atoms with E-state index in [0.29, 0.717) is 46.2 Å². The number of sulfonamides is 1. The van der Waals surface area contributed by atoms with Crippen LogP contribution in [0.3, 0.4) is 0 Å². The molecule has 5 rings (SSSR count). The Kier molecular flexibility index (Phi) is 4.59. The monoisotopic (exact) mass is 435 g/mol. The number of fused-ring (bicyclic) bond motifs is 1. The largest absolute Gasteiger partial charge is 0.283 e. The number of rotatable bonds is 5. The highest BCUT2D eigenvalue weighted by atomic mass is 32.2. The summed E-state index contributed by atoms with van der Waals surface area (Å²) >= 11 is 0. The van der Waals surface area contributed by atoms with Gasteiger partial charge in [-0.25, -0.2) is 12.8 Å². The maximum atomic E-state index is 13.4. The van der Waals surface area contributed by atoms with E-state index < -0.39 is 15.8 Å². The van der Waals surface area contributed by atoms with Crippen LogP contribution in [-0.2, 0) is 10.0 Å². The summed E-state index contributed by atoms with van der Waals surface area (Å²) in [5.74, 6) is -0.409. The maximum Gasteiger partial charge on any atom is 0.279 e. The van der Waals surface area contributed by atoms with Crippen molar-refractivity contribution < 1.29 is 12.8 Å². The van der Waals surface area contributed by atoms with Crippen molar-refractivity contribution in [1.82, 2.24) is 9.78 Å². The number of aromatic nitrogens is 2. The van der Waals surface area contributed by atoms with Gasteiger partial charge in [0, 0.05) is 16.6 Å². The Balaban J connectivity index is 1.68. The van der Waals surface area contributed by atoms with Crippen molar-refractivity contribution in [3.05, 3.63) is 89.0 Å². The number of halogens is 1. The van der Waals surface area contributed by atoms with E-state index in [1.54, 1.807) is 36.4 Å². The zero-order valence-corrected chi connectivity index (χ0v) is 17.1. The van der Waals surface area contributed by atoms with Crippen molar-refractivity contribution >= 4 is 26.5 Å². The molecule has 6 nitrogen and oxygen atoms in total. The van der Waals surface area contributed by atoms with Gasteiger partial charge in [0.2, 0.25) is 10.0 Å². The molecule has 1 N–H and O–H groups in total. The Labute approximate surface area is 178 Å². The molecule has 4 aromatic rings. The Morgan fingerprint density at radius 1 is 0.935 bits per heavy atom. The highest BCUT2D eigenvalue weighted by Gasteiger charge is 2.35. The van der Waals surface area contributed by atoms with Crippen molar-refractivity contribution in [2.45, 2.75) is 18.1 Å². The molecule has 0 amide bonds. The lowest BCUT2D eigenvalue weighted by atomic mass is 10.0.